The SMILES string of the molecule is O=C(O)c1sccc1CNc1ccc(Br)cc1Br. The van der Waals surface area contributed by atoms with Crippen molar-refractivity contribution in [3.05, 3.63) is 49.0 Å². The van der Waals surface area contributed by atoms with E-state index in [9.17, 15) is 4.79 Å². The highest BCUT2D eigenvalue weighted by Crippen LogP contribution is 2.27. The number of thiophene rings is 1. The molecule has 1 heterocycles. The Hall–Kier alpha value is -0.850. The molecule has 6 heteroatoms. The lowest BCUT2D eigenvalue weighted by atomic mass is 10.2. The van der Waals surface area contributed by atoms with Crippen molar-refractivity contribution in [3.63, 3.8) is 0 Å². The third-order valence-electron chi connectivity index (χ3n) is 2.34. The summed E-state index contributed by atoms with van der Waals surface area (Å²) in [6, 6.07) is 7.63. The van der Waals surface area contributed by atoms with E-state index in [0.717, 1.165) is 20.2 Å². The molecule has 0 spiro atoms. The zero-order chi connectivity index (χ0) is 13.1. The number of hydrogen-bond donors (Lipinski definition) is 2. The Morgan fingerprint density at radius 1 is 1.33 bits per heavy atom. The number of hydrogen-bond acceptors (Lipinski definition) is 3. The van der Waals surface area contributed by atoms with Crippen molar-refractivity contribution in [2.24, 2.45) is 0 Å². The molecule has 0 aliphatic heterocycles. The summed E-state index contributed by atoms with van der Waals surface area (Å²) in [5.41, 5.74) is 1.73. The Morgan fingerprint density at radius 2 is 2.11 bits per heavy atom. The van der Waals surface area contributed by atoms with Gasteiger partial charge in [0.05, 0.1) is 0 Å². The zero-order valence-corrected chi connectivity index (χ0v) is 13.1. The van der Waals surface area contributed by atoms with Crippen molar-refractivity contribution in [2.45, 2.75) is 6.54 Å². The molecule has 0 unspecified atom stereocenters. The number of carboxylic acids is 1. The number of benzene rings is 1. The van der Waals surface area contributed by atoms with Gasteiger partial charge >= 0.3 is 5.97 Å². The van der Waals surface area contributed by atoms with Crippen LogP contribution in [-0.4, -0.2) is 11.1 Å². The highest BCUT2D eigenvalue weighted by atomic mass is 79.9. The van der Waals surface area contributed by atoms with E-state index in [2.05, 4.69) is 37.2 Å². The van der Waals surface area contributed by atoms with Gasteiger partial charge in [0.1, 0.15) is 4.88 Å². The van der Waals surface area contributed by atoms with Gasteiger partial charge in [0.15, 0.2) is 0 Å². The normalized spacial score (nSPS) is 10.3. The maximum Gasteiger partial charge on any atom is 0.346 e. The molecule has 0 aliphatic carbocycles. The van der Waals surface area contributed by atoms with Crippen LogP contribution < -0.4 is 5.32 Å². The maximum atomic E-state index is 11.0. The Kier molecular flexibility index (Phi) is 4.42. The molecule has 0 atom stereocenters. The topological polar surface area (TPSA) is 49.3 Å². The average molecular weight is 391 g/mol. The van der Waals surface area contributed by atoms with Gasteiger partial charge in [-0.15, -0.1) is 11.3 Å². The van der Waals surface area contributed by atoms with Crippen LogP contribution in [0.2, 0.25) is 0 Å². The Morgan fingerprint density at radius 3 is 2.78 bits per heavy atom. The van der Waals surface area contributed by atoms with Crippen molar-refractivity contribution in [2.75, 3.05) is 5.32 Å². The molecule has 94 valence electrons. The smallest absolute Gasteiger partial charge is 0.346 e. The van der Waals surface area contributed by atoms with E-state index >= 15 is 0 Å². The van der Waals surface area contributed by atoms with Crippen LogP contribution in [0, 0.1) is 0 Å². The fourth-order valence-corrected chi connectivity index (χ4v) is 3.43. The first kappa shape index (κ1) is 13.6. The summed E-state index contributed by atoms with van der Waals surface area (Å²) in [6.07, 6.45) is 0. The second kappa shape index (κ2) is 5.86. The molecule has 0 fully saturated rings. The van der Waals surface area contributed by atoms with E-state index < -0.39 is 5.97 Å². The van der Waals surface area contributed by atoms with Crippen LogP contribution in [-0.2, 0) is 6.54 Å². The Labute approximate surface area is 125 Å². The van der Waals surface area contributed by atoms with Gasteiger partial charge in [0.25, 0.3) is 0 Å². The van der Waals surface area contributed by atoms with Crippen molar-refractivity contribution in [1.29, 1.82) is 0 Å². The summed E-state index contributed by atoms with van der Waals surface area (Å²) in [7, 11) is 0. The molecule has 2 aromatic rings. The van der Waals surface area contributed by atoms with Gasteiger partial charge in [-0.3, -0.25) is 0 Å². The highest BCUT2D eigenvalue weighted by Gasteiger charge is 2.11. The van der Waals surface area contributed by atoms with Gasteiger partial charge in [0, 0.05) is 21.2 Å². The van der Waals surface area contributed by atoms with Crippen molar-refractivity contribution in [1.82, 2.24) is 0 Å². The number of rotatable bonds is 4. The fraction of sp³-hybridized carbons (Fsp3) is 0.0833. The first-order chi connectivity index (χ1) is 8.58. The summed E-state index contributed by atoms with van der Waals surface area (Å²) in [5, 5.41) is 14.0. The third-order valence-corrected chi connectivity index (χ3v) is 4.44. The van der Waals surface area contributed by atoms with E-state index in [4.69, 9.17) is 5.11 Å². The number of carbonyl (C=O) groups is 1. The summed E-state index contributed by atoms with van der Waals surface area (Å²) in [6.45, 7) is 0.491. The molecule has 0 amide bonds. The Bertz CT molecular complexity index is 583. The van der Waals surface area contributed by atoms with Crippen molar-refractivity contribution >= 4 is 54.9 Å². The second-order valence-electron chi connectivity index (χ2n) is 3.56. The third kappa shape index (κ3) is 3.13. The van der Waals surface area contributed by atoms with E-state index in [0.29, 0.717) is 11.4 Å². The zero-order valence-electron chi connectivity index (χ0n) is 9.11. The van der Waals surface area contributed by atoms with Crippen LogP contribution in [0.15, 0.2) is 38.6 Å². The molecule has 1 aromatic heterocycles. The lowest BCUT2D eigenvalue weighted by molar-refractivity contribution is 0.0701. The van der Waals surface area contributed by atoms with Gasteiger partial charge in [-0.05, 0) is 51.1 Å². The van der Waals surface area contributed by atoms with Crippen LogP contribution in [0.1, 0.15) is 15.2 Å². The molecular weight excluding hydrogens is 382 g/mol. The minimum absolute atomic E-state index is 0.385. The number of halogens is 2. The standard InChI is InChI=1S/C12H9Br2NO2S/c13-8-1-2-10(9(14)5-8)15-6-7-3-4-18-11(7)12(16)17/h1-5,15H,6H2,(H,16,17). The summed E-state index contributed by atoms with van der Waals surface area (Å²) >= 11 is 8.08. The van der Waals surface area contributed by atoms with Gasteiger partial charge in [0.2, 0.25) is 0 Å². The molecule has 0 aliphatic rings. The maximum absolute atomic E-state index is 11.0. The average Bonchev–Trinajstić information content (AvgIpc) is 2.76. The van der Waals surface area contributed by atoms with E-state index in [1.165, 1.54) is 11.3 Å². The molecule has 2 N–H and O–H groups in total. The number of anilines is 1. The molecule has 2 rings (SSSR count). The first-order valence-electron chi connectivity index (χ1n) is 5.06. The lowest BCUT2D eigenvalue weighted by Gasteiger charge is -2.08. The molecule has 0 saturated heterocycles. The van der Waals surface area contributed by atoms with Crippen LogP contribution >= 0.6 is 43.2 Å². The first-order valence-corrected chi connectivity index (χ1v) is 7.53. The quantitative estimate of drug-likeness (QED) is 0.802. The molecular formula is C12H9Br2NO2S. The molecule has 0 saturated carbocycles. The van der Waals surface area contributed by atoms with Gasteiger partial charge in [-0.25, -0.2) is 4.79 Å². The molecule has 18 heavy (non-hydrogen) atoms. The second-order valence-corrected chi connectivity index (χ2v) is 6.24. The van der Waals surface area contributed by atoms with Crippen molar-refractivity contribution in [3.8, 4) is 0 Å². The predicted octanol–water partition coefficient (Wildman–Crippen LogP) is 4.58. The van der Waals surface area contributed by atoms with Crippen LogP contribution in [0.3, 0.4) is 0 Å². The van der Waals surface area contributed by atoms with E-state index in [1.807, 2.05) is 24.3 Å². The number of nitrogens with one attached hydrogen (secondary N) is 1. The lowest BCUT2D eigenvalue weighted by Crippen LogP contribution is -2.04. The van der Waals surface area contributed by atoms with Gasteiger partial charge in [-0.1, -0.05) is 15.9 Å². The van der Waals surface area contributed by atoms with Crippen LogP contribution in [0.25, 0.3) is 0 Å². The van der Waals surface area contributed by atoms with Gasteiger partial charge < -0.3 is 10.4 Å². The van der Waals surface area contributed by atoms with Gasteiger partial charge in [-0.2, -0.15) is 0 Å². The molecule has 1 aromatic carbocycles. The monoisotopic (exact) mass is 389 g/mol. The number of aromatic carboxylic acids is 1. The summed E-state index contributed by atoms with van der Waals surface area (Å²) < 4.78 is 1.92. The fourth-order valence-electron chi connectivity index (χ4n) is 1.49. The summed E-state index contributed by atoms with van der Waals surface area (Å²) in [4.78, 5) is 11.4. The largest absolute Gasteiger partial charge is 0.477 e. The van der Waals surface area contributed by atoms with E-state index in [-0.39, 0.29) is 0 Å². The van der Waals surface area contributed by atoms with Crippen LogP contribution in [0.5, 0.6) is 0 Å². The summed E-state index contributed by atoms with van der Waals surface area (Å²) in [5.74, 6) is -0.878. The highest BCUT2D eigenvalue weighted by molar-refractivity contribution is 9.11. The molecule has 0 bridgehead atoms. The van der Waals surface area contributed by atoms with Crippen molar-refractivity contribution < 1.29 is 9.90 Å². The van der Waals surface area contributed by atoms with E-state index in [1.54, 1.807) is 5.38 Å². The minimum Gasteiger partial charge on any atom is -0.477 e. The molecule has 3 nitrogen and oxygen atoms in total. The Balaban J connectivity index is 2.11. The minimum atomic E-state index is -0.878. The molecule has 0 radical (unpaired) electrons. The predicted molar refractivity (Wildman–Crippen MR) is 80.4 cm³/mol. The number of carboxylic acid groups (broad SMARTS) is 1. The van der Waals surface area contributed by atoms with Crippen LogP contribution in [0.4, 0.5) is 5.69 Å².